The lowest BCUT2D eigenvalue weighted by Crippen LogP contribution is -2.27. The first-order valence-electron chi connectivity index (χ1n) is 11.2. The molecule has 34 heavy (non-hydrogen) atoms. The van der Waals surface area contributed by atoms with E-state index in [1.54, 1.807) is 19.4 Å². The molecule has 1 aliphatic carbocycles. The number of Topliss-reactive ketones (excluding diaryl/α,β-unsaturated/α-hetero) is 3. The predicted molar refractivity (Wildman–Crippen MR) is 131 cm³/mol. The van der Waals surface area contributed by atoms with E-state index in [-0.39, 0.29) is 35.4 Å². The minimum Gasteiger partial charge on any atom is -0.322 e. The Bertz CT molecular complexity index is 1170. The zero-order valence-electron chi connectivity index (χ0n) is 19.6. The molecule has 4 N–H and O–H groups in total. The fourth-order valence-corrected chi connectivity index (χ4v) is 3.43. The maximum Gasteiger partial charge on any atom is 0.327 e. The number of nitrogens with zero attached hydrogens (tertiary/aromatic N) is 2. The van der Waals surface area contributed by atoms with Crippen LogP contribution in [-0.2, 0) is 20.8 Å². The van der Waals surface area contributed by atoms with E-state index >= 15 is 0 Å². The van der Waals surface area contributed by atoms with Gasteiger partial charge in [-0.1, -0.05) is 12.0 Å². The summed E-state index contributed by atoms with van der Waals surface area (Å²) >= 11 is 0. The highest BCUT2D eigenvalue weighted by atomic mass is 16.2. The normalized spacial score (nSPS) is 16.2. The lowest BCUT2D eigenvalue weighted by atomic mass is 9.94. The van der Waals surface area contributed by atoms with E-state index in [0.717, 1.165) is 31.3 Å². The lowest BCUT2D eigenvalue weighted by Gasteiger charge is -2.09. The van der Waals surface area contributed by atoms with E-state index in [1.807, 2.05) is 6.92 Å². The Kier molecular flexibility index (Phi) is 9.93. The van der Waals surface area contributed by atoms with Crippen molar-refractivity contribution in [1.82, 2.24) is 9.97 Å². The molecular weight excluding hydrogens is 438 g/mol. The molecule has 3 aliphatic rings. The topological polar surface area (TPSA) is 168 Å². The van der Waals surface area contributed by atoms with Crippen LogP contribution >= 0.6 is 0 Å². The molecule has 182 valence electrons. The van der Waals surface area contributed by atoms with Crippen LogP contribution in [0.3, 0.4) is 0 Å². The third-order valence-corrected chi connectivity index (χ3v) is 5.38. The summed E-state index contributed by atoms with van der Waals surface area (Å²) in [7, 11) is 0. The van der Waals surface area contributed by atoms with Gasteiger partial charge in [0.2, 0.25) is 0 Å². The first-order chi connectivity index (χ1) is 16.1. The van der Waals surface area contributed by atoms with Crippen molar-refractivity contribution in [2.75, 3.05) is 0 Å². The Morgan fingerprint density at radius 1 is 1.06 bits per heavy atom. The van der Waals surface area contributed by atoms with Crippen LogP contribution in [0.2, 0.25) is 0 Å². The minimum atomic E-state index is -0.507. The number of allylic oxidation sites excluding steroid dienone is 3. The number of aromatic nitrogens is 2. The first-order valence-corrected chi connectivity index (χ1v) is 11.2. The van der Waals surface area contributed by atoms with E-state index in [4.69, 9.17) is 5.73 Å². The van der Waals surface area contributed by atoms with Gasteiger partial charge >= 0.3 is 5.69 Å². The van der Waals surface area contributed by atoms with Crippen LogP contribution in [0.4, 0.5) is 5.82 Å². The molecule has 10 heteroatoms. The summed E-state index contributed by atoms with van der Waals surface area (Å²) in [6.45, 7) is 7.37. The van der Waals surface area contributed by atoms with Gasteiger partial charge in [-0.05, 0) is 33.1 Å². The molecule has 0 bridgehead atoms. The van der Waals surface area contributed by atoms with E-state index in [1.165, 1.54) is 5.57 Å². The molecular formula is C24H31N5O5. The van der Waals surface area contributed by atoms with Gasteiger partial charge in [0.05, 0.1) is 23.7 Å². The molecule has 2 aliphatic heterocycles. The van der Waals surface area contributed by atoms with Crippen molar-refractivity contribution in [1.29, 1.82) is 0 Å². The number of ketones is 3. The second-order valence-corrected chi connectivity index (χ2v) is 8.43. The number of hydrogen-bond donors (Lipinski definition) is 3. The number of H-pyrrole nitrogens is 2. The van der Waals surface area contributed by atoms with Gasteiger partial charge in [-0.3, -0.25) is 34.1 Å². The number of hydrogen-bond acceptors (Lipinski definition) is 8. The average Bonchev–Trinajstić information content (AvgIpc) is 3.41. The summed E-state index contributed by atoms with van der Waals surface area (Å²) in [5, 5.41) is 0. The van der Waals surface area contributed by atoms with Crippen LogP contribution in [-0.4, -0.2) is 45.8 Å². The van der Waals surface area contributed by atoms with Gasteiger partial charge in [0.1, 0.15) is 17.4 Å². The van der Waals surface area contributed by atoms with E-state index in [2.05, 4.69) is 26.5 Å². The predicted octanol–water partition coefficient (Wildman–Crippen LogP) is 2.01. The Balaban J connectivity index is 0.000000180. The van der Waals surface area contributed by atoms with Crippen molar-refractivity contribution >= 4 is 35.6 Å². The minimum absolute atomic E-state index is 0.00667. The van der Waals surface area contributed by atoms with Gasteiger partial charge < -0.3 is 5.73 Å². The molecule has 0 amide bonds. The number of rotatable bonds is 6. The van der Waals surface area contributed by atoms with Crippen LogP contribution in [0, 0.1) is 0 Å². The molecule has 0 fully saturated rings. The molecule has 10 nitrogen and oxygen atoms in total. The van der Waals surface area contributed by atoms with Crippen molar-refractivity contribution in [3.05, 3.63) is 49.8 Å². The van der Waals surface area contributed by atoms with Crippen molar-refractivity contribution in [3.8, 4) is 0 Å². The molecule has 1 aromatic heterocycles. The summed E-state index contributed by atoms with van der Waals surface area (Å²) < 4.78 is 0. The smallest absolute Gasteiger partial charge is 0.322 e. The summed E-state index contributed by atoms with van der Waals surface area (Å²) in [5.41, 5.74) is 7.90. The second kappa shape index (κ2) is 12.6. The van der Waals surface area contributed by atoms with E-state index in [9.17, 15) is 24.0 Å². The van der Waals surface area contributed by atoms with Crippen LogP contribution in [0.15, 0.2) is 43.0 Å². The molecule has 0 aromatic carbocycles. The monoisotopic (exact) mass is 469 g/mol. The molecule has 0 radical (unpaired) electrons. The molecule has 0 unspecified atom stereocenters. The fraction of sp³-hybridized carbons (Fsp3) is 0.458. The Morgan fingerprint density at radius 3 is 2.44 bits per heavy atom. The third kappa shape index (κ3) is 8.11. The molecule has 1 aromatic rings. The standard InChI is InChI=1S/C10H19NO.C8H7NO2.C6H5N3O2/c1-8(2)6-4-5-7-10(11)9(3)12;10-5-3-7-6(1-2-9-7)8(11)4-5;10-5-3-1-2-7-4(3)8-6(11)9-5/h10H,1,4-7,11H2,2-3H3;2H,1,3-4H2;2H,1H2,(H2,8,9,10,11)/t10-;;/m0../s1. The van der Waals surface area contributed by atoms with E-state index in [0.29, 0.717) is 36.3 Å². The third-order valence-electron chi connectivity index (χ3n) is 5.38. The number of aromatic amines is 2. The Morgan fingerprint density at radius 2 is 1.76 bits per heavy atom. The van der Waals surface area contributed by atoms with E-state index < -0.39 is 5.69 Å². The number of aliphatic imine (C=N–C) groups is 2. The zero-order chi connectivity index (χ0) is 25.3. The molecule has 4 rings (SSSR count). The summed E-state index contributed by atoms with van der Waals surface area (Å²) in [4.78, 5) is 66.7. The summed E-state index contributed by atoms with van der Waals surface area (Å²) in [6.07, 6.45) is 8.83. The number of carbonyl (C=O) groups excluding carboxylic acids is 3. The first kappa shape index (κ1) is 26.7. The quantitative estimate of drug-likeness (QED) is 0.327. The molecule has 0 saturated heterocycles. The fourth-order valence-electron chi connectivity index (χ4n) is 3.43. The summed E-state index contributed by atoms with van der Waals surface area (Å²) in [5.74, 6) is 0.436. The number of carbonyl (C=O) groups is 3. The molecule has 3 heterocycles. The molecule has 0 saturated carbocycles. The van der Waals surface area contributed by atoms with Crippen LogP contribution < -0.4 is 17.0 Å². The largest absolute Gasteiger partial charge is 0.327 e. The number of unbranched alkanes of at least 4 members (excludes halogenated alkanes) is 1. The highest BCUT2D eigenvalue weighted by Gasteiger charge is 2.26. The second-order valence-electron chi connectivity index (χ2n) is 8.43. The van der Waals surface area contributed by atoms with Crippen molar-refractivity contribution in [2.24, 2.45) is 15.7 Å². The SMILES string of the molecule is C=C(C)CCCC[C@H](N)C(C)=O.O=C1CC(=O)C2=C(C1)N=CC2.O=c1[nH]c2c(c(=O)[nH]1)CC=N2. The maximum atomic E-state index is 11.1. The van der Waals surface area contributed by atoms with Gasteiger partial charge in [0, 0.05) is 37.3 Å². The number of nitrogens with two attached hydrogens (primary N) is 1. The van der Waals surface area contributed by atoms with Gasteiger partial charge in [-0.15, -0.1) is 6.58 Å². The van der Waals surface area contributed by atoms with Crippen molar-refractivity contribution in [2.45, 2.75) is 71.3 Å². The lowest BCUT2D eigenvalue weighted by molar-refractivity contribution is -0.125. The maximum absolute atomic E-state index is 11.1. The number of fused-ring (bicyclic) bond motifs is 1. The molecule has 1 atom stereocenters. The van der Waals surface area contributed by atoms with Crippen LogP contribution in [0.5, 0.6) is 0 Å². The van der Waals surface area contributed by atoms with Gasteiger partial charge in [-0.2, -0.15) is 0 Å². The van der Waals surface area contributed by atoms with Gasteiger partial charge in [0.15, 0.2) is 5.78 Å². The Labute approximate surface area is 197 Å². The van der Waals surface area contributed by atoms with Crippen LogP contribution in [0.1, 0.15) is 64.4 Å². The average molecular weight is 470 g/mol. The number of nitrogens with one attached hydrogen (secondary N) is 2. The van der Waals surface area contributed by atoms with Crippen molar-refractivity contribution in [3.63, 3.8) is 0 Å². The molecule has 0 spiro atoms. The van der Waals surface area contributed by atoms with Gasteiger partial charge in [0.25, 0.3) is 5.56 Å². The van der Waals surface area contributed by atoms with Gasteiger partial charge in [-0.25, -0.2) is 9.79 Å². The van der Waals surface area contributed by atoms with Crippen LogP contribution in [0.25, 0.3) is 0 Å². The van der Waals surface area contributed by atoms with Crippen molar-refractivity contribution < 1.29 is 14.4 Å². The summed E-state index contributed by atoms with van der Waals surface area (Å²) in [6, 6.07) is -0.255. The highest BCUT2D eigenvalue weighted by Crippen LogP contribution is 2.26. The Hall–Kier alpha value is -3.53. The highest BCUT2D eigenvalue weighted by molar-refractivity contribution is 6.13. The zero-order valence-corrected chi connectivity index (χ0v) is 19.6.